The summed E-state index contributed by atoms with van der Waals surface area (Å²) >= 11 is 0. The van der Waals surface area contributed by atoms with Gasteiger partial charge in [0.05, 0.1) is 20.1 Å². The van der Waals surface area contributed by atoms with Gasteiger partial charge in [-0.05, 0) is 17.2 Å². The zero-order chi connectivity index (χ0) is 11.1. The Hall–Kier alpha value is -1.68. The third-order valence-corrected chi connectivity index (χ3v) is 1.82. The molecule has 0 unspecified atom stereocenters. The van der Waals surface area contributed by atoms with Crippen molar-refractivity contribution in [3.05, 3.63) is 35.7 Å². The van der Waals surface area contributed by atoms with E-state index in [1.54, 1.807) is 30.6 Å². The minimum atomic E-state index is -0.280. The third kappa shape index (κ3) is 3.91. The molecule has 0 amide bonds. The van der Waals surface area contributed by atoms with Gasteiger partial charge in [0.1, 0.15) is 0 Å². The van der Waals surface area contributed by atoms with Gasteiger partial charge in [0, 0.05) is 12.4 Å². The van der Waals surface area contributed by atoms with Gasteiger partial charge in [-0.1, -0.05) is 12.2 Å². The first-order chi connectivity index (χ1) is 7.26. The normalized spacial score (nSPS) is 10.5. The predicted molar refractivity (Wildman–Crippen MR) is 55.8 cm³/mol. The van der Waals surface area contributed by atoms with Gasteiger partial charge in [0.25, 0.3) is 0 Å². The smallest absolute Gasteiger partial charge is 0.309 e. The number of esters is 1. The molecule has 0 bridgehead atoms. The molecule has 1 rings (SSSR count). The molecule has 0 aliphatic heterocycles. The number of aliphatic hydroxyl groups is 1. The highest BCUT2D eigenvalue weighted by molar-refractivity contribution is 5.72. The molecule has 0 aliphatic rings. The van der Waals surface area contributed by atoms with E-state index in [2.05, 4.69) is 9.72 Å². The fraction of sp³-hybridized carbons (Fsp3) is 0.273. The van der Waals surface area contributed by atoms with E-state index < -0.39 is 0 Å². The average Bonchev–Trinajstić information content (AvgIpc) is 2.29. The Kier molecular flexibility index (Phi) is 4.50. The molecule has 0 aliphatic carbocycles. The Balaban J connectivity index is 2.59. The summed E-state index contributed by atoms with van der Waals surface area (Å²) in [6.07, 6.45) is 6.96. The highest BCUT2D eigenvalue weighted by atomic mass is 16.5. The maximum absolute atomic E-state index is 10.8. The van der Waals surface area contributed by atoms with Crippen LogP contribution in [0.1, 0.15) is 17.5 Å². The summed E-state index contributed by atoms with van der Waals surface area (Å²) in [5, 5.41) is 8.88. The highest BCUT2D eigenvalue weighted by Crippen LogP contribution is 2.05. The van der Waals surface area contributed by atoms with Gasteiger partial charge in [-0.25, -0.2) is 0 Å². The first-order valence-corrected chi connectivity index (χ1v) is 4.54. The fourth-order valence-electron chi connectivity index (χ4n) is 1.06. The molecule has 15 heavy (non-hydrogen) atoms. The van der Waals surface area contributed by atoms with Gasteiger partial charge in [0.15, 0.2) is 0 Å². The second-order valence-electron chi connectivity index (χ2n) is 2.97. The number of ether oxygens (including phenoxy) is 1. The molecular weight excluding hydrogens is 194 g/mol. The van der Waals surface area contributed by atoms with Crippen LogP contribution in [0.15, 0.2) is 24.5 Å². The SMILES string of the molecule is COC(=O)CC=Cc1cncc(CO)c1. The lowest BCUT2D eigenvalue weighted by atomic mass is 10.2. The fourth-order valence-corrected chi connectivity index (χ4v) is 1.06. The molecule has 0 radical (unpaired) electrons. The molecule has 1 N–H and O–H groups in total. The van der Waals surface area contributed by atoms with E-state index in [-0.39, 0.29) is 19.0 Å². The van der Waals surface area contributed by atoms with Crippen LogP contribution in [0.2, 0.25) is 0 Å². The molecule has 0 saturated heterocycles. The molecule has 0 atom stereocenters. The number of rotatable bonds is 4. The van der Waals surface area contributed by atoms with Crippen molar-refractivity contribution in [3.63, 3.8) is 0 Å². The number of aliphatic hydroxyl groups excluding tert-OH is 1. The first-order valence-electron chi connectivity index (χ1n) is 4.54. The summed E-state index contributed by atoms with van der Waals surface area (Å²) in [4.78, 5) is 14.7. The van der Waals surface area contributed by atoms with Crippen molar-refractivity contribution in [2.75, 3.05) is 7.11 Å². The van der Waals surface area contributed by atoms with Crippen molar-refractivity contribution in [1.29, 1.82) is 0 Å². The zero-order valence-electron chi connectivity index (χ0n) is 8.51. The Bertz CT molecular complexity index is 361. The van der Waals surface area contributed by atoms with Crippen LogP contribution in [-0.4, -0.2) is 23.2 Å². The number of hydrogen-bond donors (Lipinski definition) is 1. The monoisotopic (exact) mass is 207 g/mol. The number of carbonyl (C=O) groups is 1. The molecule has 0 aromatic carbocycles. The molecule has 4 nitrogen and oxygen atoms in total. The molecule has 0 spiro atoms. The maximum Gasteiger partial charge on any atom is 0.309 e. The van der Waals surface area contributed by atoms with E-state index in [1.807, 2.05) is 0 Å². The Labute approximate surface area is 88.2 Å². The van der Waals surface area contributed by atoms with E-state index in [1.165, 1.54) is 7.11 Å². The van der Waals surface area contributed by atoms with Gasteiger partial charge in [-0.3, -0.25) is 9.78 Å². The molecule has 0 saturated carbocycles. The van der Waals surface area contributed by atoms with E-state index in [4.69, 9.17) is 5.11 Å². The summed E-state index contributed by atoms with van der Waals surface area (Å²) in [6, 6.07) is 1.81. The number of methoxy groups -OCH3 is 1. The summed E-state index contributed by atoms with van der Waals surface area (Å²) in [6.45, 7) is -0.0360. The third-order valence-electron chi connectivity index (χ3n) is 1.82. The van der Waals surface area contributed by atoms with Gasteiger partial charge in [0.2, 0.25) is 0 Å². The van der Waals surface area contributed by atoms with Crippen LogP contribution in [0.3, 0.4) is 0 Å². The maximum atomic E-state index is 10.8. The van der Waals surface area contributed by atoms with Crippen molar-refractivity contribution < 1.29 is 14.6 Å². The van der Waals surface area contributed by atoms with Gasteiger partial charge < -0.3 is 9.84 Å². The molecule has 0 fully saturated rings. The van der Waals surface area contributed by atoms with Crippen molar-refractivity contribution >= 4 is 12.0 Å². The topological polar surface area (TPSA) is 59.4 Å². The van der Waals surface area contributed by atoms with Crippen molar-refractivity contribution in [2.24, 2.45) is 0 Å². The minimum Gasteiger partial charge on any atom is -0.469 e. The average molecular weight is 207 g/mol. The quantitative estimate of drug-likeness (QED) is 0.752. The summed E-state index contributed by atoms with van der Waals surface area (Å²) in [5.41, 5.74) is 1.60. The molecule has 1 heterocycles. The Morgan fingerprint density at radius 2 is 2.40 bits per heavy atom. The van der Waals surface area contributed by atoms with Crippen LogP contribution >= 0.6 is 0 Å². The molecular formula is C11H13NO3. The summed E-state index contributed by atoms with van der Waals surface area (Å²) < 4.78 is 4.49. The van der Waals surface area contributed by atoms with Crippen LogP contribution in [0.25, 0.3) is 6.08 Å². The molecule has 80 valence electrons. The number of nitrogens with zero attached hydrogens (tertiary/aromatic N) is 1. The van der Waals surface area contributed by atoms with E-state index in [0.29, 0.717) is 0 Å². The molecule has 1 aromatic heterocycles. The standard InChI is InChI=1S/C11H13NO3/c1-15-11(14)4-2-3-9-5-10(8-13)7-12-6-9/h2-3,5-7,13H,4,8H2,1H3. The van der Waals surface area contributed by atoms with Crippen molar-refractivity contribution in [1.82, 2.24) is 4.98 Å². The van der Waals surface area contributed by atoms with Crippen LogP contribution in [0, 0.1) is 0 Å². The first kappa shape index (κ1) is 11.4. The van der Waals surface area contributed by atoms with Gasteiger partial charge in [-0.15, -0.1) is 0 Å². The van der Waals surface area contributed by atoms with Crippen LogP contribution < -0.4 is 0 Å². The zero-order valence-corrected chi connectivity index (χ0v) is 8.51. The van der Waals surface area contributed by atoms with E-state index >= 15 is 0 Å². The second kappa shape index (κ2) is 5.93. The number of hydrogen-bond acceptors (Lipinski definition) is 4. The predicted octanol–water partition coefficient (Wildman–Crippen LogP) is 1.15. The summed E-state index contributed by atoms with van der Waals surface area (Å²) in [5.74, 6) is -0.280. The van der Waals surface area contributed by atoms with Crippen molar-refractivity contribution in [3.8, 4) is 0 Å². The van der Waals surface area contributed by atoms with Gasteiger partial charge in [-0.2, -0.15) is 0 Å². The number of carbonyl (C=O) groups excluding carboxylic acids is 1. The summed E-state index contributed by atoms with van der Waals surface area (Å²) in [7, 11) is 1.35. The lowest BCUT2D eigenvalue weighted by Gasteiger charge is -1.97. The Morgan fingerprint density at radius 1 is 1.60 bits per heavy atom. The van der Waals surface area contributed by atoms with Crippen LogP contribution in [0.5, 0.6) is 0 Å². The largest absolute Gasteiger partial charge is 0.469 e. The number of pyridine rings is 1. The highest BCUT2D eigenvalue weighted by Gasteiger charge is 1.95. The lowest BCUT2D eigenvalue weighted by molar-refractivity contribution is -0.139. The van der Waals surface area contributed by atoms with E-state index in [0.717, 1.165) is 11.1 Å². The number of aromatic nitrogens is 1. The molecule has 1 aromatic rings. The Morgan fingerprint density at radius 3 is 3.07 bits per heavy atom. The molecule has 4 heteroatoms. The minimum absolute atomic E-state index is 0.0360. The van der Waals surface area contributed by atoms with Crippen LogP contribution in [-0.2, 0) is 16.1 Å². The second-order valence-corrected chi connectivity index (χ2v) is 2.97. The van der Waals surface area contributed by atoms with Gasteiger partial charge >= 0.3 is 5.97 Å². The van der Waals surface area contributed by atoms with Crippen molar-refractivity contribution in [2.45, 2.75) is 13.0 Å². The van der Waals surface area contributed by atoms with E-state index in [9.17, 15) is 4.79 Å². The van der Waals surface area contributed by atoms with Crippen LogP contribution in [0.4, 0.5) is 0 Å². The lowest BCUT2D eigenvalue weighted by Crippen LogP contribution is -1.96.